The summed E-state index contributed by atoms with van der Waals surface area (Å²) in [6.07, 6.45) is 1.38. The molecular formula is C11H23NO3. The Morgan fingerprint density at radius 2 is 2.20 bits per heavy atom. The lowest BCUT2D eigenvalue weighted by Crippen LogP contribution is -2.43. The lowest BCUT2D eigenvalue weighted by atomic mass is 10.1. The van der Waals surface area contributed by atoms with E-state index in [1.54, 1.807) is 0 Å². The smallest absolute Gasteiger partial charge is 0.0900 e. The van der Waals surface area contributed by atoms with Gasteiger partial charge in [0.15, 0.2) is 0 Å². The van der Waals surface area contributed by atoms with Crippen molar-refractivity contribution in [3.05, 3.63) is 0 Å². The Morgan fingerprint density at radius 3 is 2.80 bits per heavy atom. The first-order valence-electron chi connectivity index (χ1n) is 5.78. The molecular weight excluding hydrogens is 194 g/mol. The van der Waals surface area contributed by atoms with Crippen molar-refractivity contribution in [2.24, 2.45) is 0 Å². The van der Waals surface area contributed by atoms with Gasteiger partial charge in [-0.3, -0.25) is 4.90 Å². The van der Waals surface area contributed by atoms with Gasteiger partial charge in [0.2, 0.25) is 0 Å². The lowest BCUT2D eigenvalue weighted by molar-refractivity contribution is -0.0205. The van der Waals surface area contributed by atoms with Crippen molar-refractivity contribution in [2.75, 3.05) is 26.2 Å². The molecule has 1 unspecified atom stereocenters. The van der Waals surface area contributed by atoms with Crippen LogP contribution in [0.2, 0.25) is 0 Å². The Kier molecular flexibility index (Phi) is 5.53. The molecule has 1 rings (SSSR count). The van der Waals surface area contributed by atoms with Gasteiger partial charge in [0.1, 0.15) is 0 Å². The van der Waals surface area contributed by atoms with Gasteiger partial charge in [-0.25, -0.2) is 0 Å². The van der Waals surface area contributed by atoms with Crippen molar-refractivity contribution in [3.8, 4) is 0 Å². The van der Waals surface area contributed by atoms with Gasteiger partial charge in [-0.2, -0.15) is 0 Å². The van der Waals surface area contributed by atoms with E-state index in [0.717, 1.165) is 19.4 Å². The van der Waals surface area contributed by atoms with E-state index < -0.39 is 6.10 Å². The second-order valence-corrected chi connectivity index (χ2v) is 4.59. The van der Waals surface area contributed by atoms with Gasteiger partial charge < -0.3 is 14.9 Å². The third-order valence-corrected chi connectivity index (χ3v) is 2.57. The molecule has 0 radical (unpaired) electrons. The molecule has 1 heterocycles. The molecule has 2 atom stereocenters. The van der Waals surface area contributed by atoms with E-state index in [9.17, 15) is 10.2 Å². The van der Waals surface area contributed by atoms with Crippen LogP contribution in [-0.4, -0.2) is 59.7 Å². The monoisotopic (exact) mass is 217 g/mol. The first-order valence-corrected chi connectivity index (χ1v) is 5.78. The Hall–Kier alpha value is -0.160. The van der Waals surface area contributed by atoms with Crippen molar-refractivity contribution >= 4 is 0 Å². The lowest BCUT2D eigenvalue weighted by Gasteiger charge is -2.31. The minimum atomic E-state index is -0.447. The molecule has 15 heavy (non-hydrogen) atoms. The summed E-state index contributed by atoms with van der Waals surface area (Å²) in [5.41, 5.74) is 0. The number of ether oxygens (including phenoxy) is 1. The maximum atomic E-state index is 9.69. The molecule has 2 N–H and O–H groups in total. The summed E-state index contributed by atoms with van der Waals surface area (Å²) in [4.78, 5) is 2.10. The average Bonchev–Trinajstić information content (AvgIpc) is 2.15. The van der Waals surface area contributed by atoms with Gasteiger partial charge in [-0.15, -0.1) is 0 Å². The molecule has 4 heteroatoms. The van der Waals surface area contributed by atoms with E-state index in [-0.39, 0.29) is 12.2 Å². The van der Waals surface area contributed by atoms with E-state index in [4.69, 9.17) is 4.74 Å². The van der Waals surface area contributed by atoms with Crippen molar-refractivity contribution in [2.45, 2.75) is 45.0 Å². The van der Waals surface area contributed by atoms with Crippen LogP contribution in [0.1, 0.15) is 26.7 Å². The summed E-state index contributed by atoms with van der Waals surface area (Å²) in [6, 6.07) is 0. The molecule has 1 aliphatic heterocycles. The van der Waals surface area contributed by atoms with Gasteiger partial charge in [-0.1, -0.05) is 0 Å². The van der Waals surface area contributed by atoms with Crippen LogP contribution in [-0.2, 0) is 4.74 Å². The van der Waals surface area contributed by atoms with Gasteiger partial charge in [-0.05, 0) is 33.2 Å². The molecule has 0 bridgehead atoms. The third kappa shape index (κ3) is 5.47. The second-order valence-electron chi connectivity index (χ2n) is 4.59. The number of rotatable bonds is 5. The van der Waals surface area contributed by atoms with E-state index in [1.165, 1.54) is 0 Å². The number of hydrogen-bond acceptors (Lipinski definition) is 4. The fraction of sp³-hybridized carbons (Fsp3) is 1.00. The van der Waals surface area contributed by atoms with E-state index in [2.05, 4.69) is 4.90 Å². The van der Waals surface area contributed by atoms with E-state index in [1.807, 2.05) is 13.8 Å². The highest BCUT2D eigenvalue weighted by atomic mass is 16.5. The van der Waals surface area contributed by atoms with Crippen LogP contribution in [0, 0.1) is 0 Å². The number of aliphatic hydroxyl groups excluding tert-OH is 2. The molecule has 0 aromatic carbocycles. The molecule has 90 valence electrons. The van der Waals surface area contributed by atoms with Crippen molar-refractivity contribution < 1.29 is 14.9 Å². The zero-order valence-electron chi connectivity index (χ0n) is 9.72. The van der Waals surface area contributed by atoms with Gasteiger partial charge in [0, 0.05) is 13.1 Å². The summed E-state index contributed by atoms with van der Waals surface area (Å²) >= 11 is 0. The third-order valence-electron chi connectivity index (χ3n) is 2.57. The SMILES string of the molecule is CC(C)OCC(O)CN1CCC[C@H](O)C1. The standard InChI is InChI=1S/C11H23NO3/c1-9(2)15-8-11(14)7-12-5-3-4-10(13)6-12/h9-11,13-14H,3-8H2,1-2H3/t10-,11?/m0/s1. The normalized spacial score (nSPS) is 25.8. The topological polar surface area (TPSA) is 52.9 Å². The maximum absolute atomic E-state index is 9.69. The maximum Gasteiger partial charge on any atom is 0.0900 e. The molecule has 0 amide bonds. The first-order chi connectivity index (χ1) is 7.08. The quantitative estimate of drug-likeness (QED) is 0.692. The predicted octanol–water partition coefficient (Wildman–Crippen LogP) is 0.229. The molecule has 0 saturated carbocycles. The number of nitrogens with zero attached hydrogens (tertiary/aromatic N) is 1. The Morgan fingerprint density at radius 1 is 1.47 bits per heavy atom. The van der Waals surface area contributed by atoms with Gasteiger partial charge in [0.25, 0.3) is 0 Å². The zero-order chi connectivity index (χ0) is 11.3. The fourth-order valence-corrected chi connectivity index (χ4v) is 1.85. The van der Waals surface area contributed by atoms with Crippen molar-refractivity contribution in [1.82, 2.24) is 4.90 Å². The van der Waals surface area contributed by atoms with Crippen LogP contribution in [0.15, 0.2) is 0 Å². The molecule has 1 saturated heterocycles. The molecule has 1 aliphatic rings. The number of piperidine rings is 1. The molecule has 0 aliphatic carbocycles. The van der Waals surface area contributed by atoms with Gasteiger partial charge in [0.05, 0.1) is 24.9 Å². The number of β-amino-alcohol motifs (C(OH)–C–C–N with tert-alkyl or cyclic N) is 2. The van der Waals surface area contributed by atoms with Crippen LogP contribution in [0.25, 0.3) is 0 Å². The van der Waals surface area contributed by atoms with E-state index in [0.29, 0.717) is 19.7 Å². The highest BCUT2D eigenvalue weighted by molar-refractivity contribution is 4.74. The highest BCUT2D eigenvalue weighted by Crippen LogP contribution is 2.10. The summed E-state index contributed by atoms with van der Waals surface area (Å²) in [6.45, 7) is 6.54. The second kappa shape index (κ2) is 6.43. The van der Waals surface area contributed by atoms with Crippen molar-refractivity contribution in [3.63, 3.8) is 0 Å². The number of hydrogen-bond donors (Lipinski definition) is 2. The molecule has 1 fully saturated rings. The van der Waals surface area contributed by atoms with E-state index >= 15 is 0 Å². The number of aliphatic hydroxyl groups is 2. The molecule has 0 spiro atoms. The number of likely N-dealkylation sites (tertiary alicyclic amines) is 1. The molecule has 4 nitrogen and oxygen atoms in total. The average molecular weight is 217 g/mol. The Labute approximate surface area is 91.8 Å². The summed E-state index contributed by atoms with van der Waals surface area (Å²) in [7, 11) is 0. The van der Waals surface area contributed by atoms with Crippen LogP contribution in [0.5, 0.6) is 0 Å². The Balaban J connectivity index is 2.16. The Bertz CT molecular complexity index is 175. The van der Waals surface area contributed by atoms with Crippen LogP contribution in [0.4, 0.5) is 0 Å². The highest BCUT2D eigenvalue weighted by Gasteiger charge is 2.19. The van der Waals surface area contributed by atoms with Crippen molar-refractivity contribution in [1.29, 1.82) is 0 Å². The largest absolute Gasteiger partial charge is 0.392 e. The molecule has 0 aromatic rings. The van der Waals surface area contributed by atoms with Gasteiger partial charge >= 0.3 is 0 Å². The minimum absolute atomic E-state index is 0.159. The summed E-state index contributed by atoms with van der Waals surface area (Å²) in [5, 5.41) is 19.1. The summed E-state index contributed by atoms with van der Waals surface area (Å²) < 4.78 is 5.33. The first kappa shape index (κ1) is 12.9. The zero-order valence-corrected chi connectivity index (χ0v) is 9.72. The van der Waals surface area contributed by atoms with Crippen LogP contribution < -0.4 is 0 Å². The van der Waals surface area contributed by atoms with Crippen LogP contribution >= 0.6 is 0 Å². The van der Waals surface area contributed by atoms with Crippen LogP contribution in [0.3, 0.4) is 0 Å². The molecule has 0 aromatic heterocycles. The summed E-state index contributed by atoms with van der Waals surface area (Å²) in [5.74, 6) is 0. The minimum Gasteiger partial charge on any atom is -0.392 e. The predicted molar refractivity (Wildman–Crippen MR) is 58.8 cm³/mol. The fourth-order valence-electron chi connectivity index (χ4n) is 1.85.